The van der Waals surface area contributed by atoms with Gasteiger partial charge in [0.25, 0.3) is 0 Å². The number of carboxylic acids is 1. The molecule has 0 saturated heterocycles. The molecule has 0 aromatic carbocycles. The maximum absolute atomic E-state index is 12.1. The molecule has 0 aliphatic heterocycles. The van der Waals surface area contributed by atoms with Crippen LogP contribution in [0.5, 0.6) is 11.6 Å². The molecule has 0 amide bonds. The predicted molar refractivity (Wildman–Crippen MR) is 57.1 cm³/mol. The van der Waals surface area contributed by atoms with Crippen LogP contribution >= 0.6 is 15.9 Å². The quantitative estimate of drug-likeness (QED) is 0.860. The Balaban J connectivity index is 3.34. The molecule has 9 heteroatoms. The number of pyridine rings is 1. The van der Waals surface area contributed by atoms with Crippen molar-refractivity contribution in [3.05, 3.63) is 17.3 Å². The largest absolute Gasteiger partial charge is 0.574 e. The van der Waals surface area contributed by atoms with E-state index in [1.54, 1.807) is 0 Å². The predicted octanol–water partition coefficient (Wildman–Crippen LogP) is 2.58. The van der Waals surface area contributed by atoms with E-state index in [-0.39, 0.29) is 22.2 Å². The van der Waals surface area contributed by atoms with E-state index in [9.17, 15) is 18.0 Å². The maximum atomic E-state index is 12.1. The van der Waals surface area contributed by atoms with Crippen LogP contribution in [0.2, 0.25) is 0 Å². The minimum absolute atomic E-state index is 0.101. The van der Waals surface area contributed by atoms with E-state index in [0.29, 0.717) is 0 Å². The van der Waals surface area contributed by atoms with E-state index in [4.69, 9.17) is 9.84 Å². The summed E-state index contributed by atoms with van der Waals surface area (Å²) in [6.45, 7) is 0. The van der Waals surface area contributed by atoms with Crippen LogP contribution in [0.25, 0.3) is 0 Å². The average Bonchev–Trinajstić information content (AvgIpc) is 2.25. The number of carboxylic acid groups (broad SMARTS) is 1. The number of ether oxygens (including phenoxy) is 2. The van der Waals surface area contributed by atoms with E-state index >= 15 is 0 Å². The number of hydrogen-bond acceptors (Lipinski definition) is 4. The Kier molecular flexibility index (Phi) is 4.38. The lowest BCUT2D eigenvalue weighted by Crippen LogP contribution is -2.19. The van der Waals surface area contributed by atoms with Gasteiger partial charge in [0, 0.05) is 11.5 Å². The Labute approximate surface area is 108 Å². The number of aromatic nitrogens is 1. The van der Waals surface area contributed by atoms with Crippen molar-refractivity contribution in [1.29, 1.82) is 0 Å². The smallest absolute Gasteiger partial charge is 0.495 e. The lowest BCUT2D eigenvalue weighted by atomic mass is 10.2. The van der Waals surface area contributed by atoms with Crippen molar-refractivity contribution in [2.24, 2.45) is 0 Å². The highest BCUT2D eigenvalue weighted by atomic mass is 79.9. The zero-order chi connectivity index (χ0) is 13.9. The van der Waals surface area contributed by atoms with Crippen LogP contribution in [0.1, 0.15) is 15.9 Å². The van der Waals surface area contributed by atoms with Crippen molar-refractivity contribution in [1.82, 2.24) is 4.98 Å². The molecule has 1 heterocycles. The molecule has 1 aromatic rings. The molecule has 0 unspecified atom stereocenters. The number of rotatable bonds is 4. The molecule has 0 saturated carbocycles. The van der Waals surface area contributed by atoms with Crippen LogP contribution in [0.15, 0.2) is 6.20 Å². The summed E-state index contributed by atoms with van der Waals surface area (Å²) in [7, 11) is 1.14. The molecule has 1 N–H and O–H groups in total. The van der Waals surface area contributed by atoms with Crippen LogP contribution < -0.4 is 9.47 Å². The fraction of sp³-hybridized carbons (Fsp3) is 0.333. The minimum atomic E-state index is -4.92. The summed E-state index contributed by atoms with van der Waals surface area (Å²) in [6.07, 6.45) is -4.17. The third-order valence-electron chi connectivity index (χ3n) is 1.87. The molecule has 0 bridgehead atoms. The molecule has 0 aliphatic rings. The number of hydrogen-bond donors (Lipinski definition) is 1. The number of nitrogens with zero attached hydrogens (tertiary/aromatic N) is 1. The highest BCUT2D eigenvalue weighted by molar-refractivity contribution is 9.08. The summed E-state index contributed by atoms with van der Waals surface area (Å²) >= 11 is 2.93. The zero-order valence-electron chi connectivity index (χ0n) is 8.92. The van der Waals surface area contributed by atoms with Gasteiger partial charge in [0.15, 0.2) is 0 Å². The second-order valence-corrected chi connectivity index (χ2v) is 3.54. The Morgan fingerprint density at radius 1 is 1.56 bits per heavy atom. The van der Waals surface area contributed by atoms with E-state index in [0.717, 1.165) is 13.3 Å². The van der Waals surface area contributed by atoms with Crippen LogP contribution in [-0.4, -0.2) is 29.5 Å². The molecule has 0 radical (unpaired) electrons. The molecule has 0 aliphatic carbocycles. The minimum Gasteiger partial charge on any atom is -0.495 e. The second kappa shape index (κ2) is 5.42. The van der Waals surface area contributed by atoms with Gasteiger partial charge in [-0.2, -0.15) is 0 Å². The van der Waals surface area contributed by atoms with Crippen molar-refractivity contribution in [3.8, 4) is 11.6 Å². The average molecular weight is 330 g/mol. The van der Waals surface area contributed by atoms with Crippen LogP contribution in [0.4, 0.5) is 13.2 Å². The Hall–Kier alpha value is -1.51. The fourth-order valence-electron chi connectivity index (χ4n) is 1.22. The summed E-state index contributed by atoms with van der Waals surface area (Å²) in [5.74, 6) is -2.34. The number of carbonyl (C=O) groups is 1. The molecule has 0 atom stereocenters. The maximum Gasteiger partial charge on any atom is 0.574 e. The van der Waals surface area contributed by atoms with Gasteiger partial charge >= 0.3 is 12.3 Å². The van der Waals surface area contributed by atoms with Gasteiger partial charge in [-0.15, -0.1) is 13.2 Å². The van der Waals surface area contributed by atoms with E-state index < -0.39 is 18.2 Å². The summed E-state index contributed by atoms with van der Waals surface area (Å²) in [5, 5.41) is 8.74. The third-order valence-corrected chi connectivity index (χ3v) is 2.43. The molecule has 0 spiro atoms. The van der Waals surface area contributed by atoms with Crippen molar-refractivity contribution in [2.75, 3.05) is 7.11 Å². The highest BCUT2D eigenvalue weighted by Gasteiger charge is 2.34. The van der Waals surface area contributed by atoms with Gasteiger partial charge < -0.3 is 14.6 Å². The normalized spacial score (nSPS) is 11.2. The van der Waals surface area contributed by atoms with Crippen LogP contribution in [-0.2, 0) is 5.33 Å². The number of alkyl halides is 4. The molecule has 1 rings (SSSR count). The standard InChI is InChI=1S/C9H7BrF3NO4/c1-17-6-4(2-10)7(18-9(11,12)13)14-3-5(6)8(15)16/h3H,2H2,1H3,(H,15,16). The second-order valence-electron chi connectivity index (χ2n) is 2.98. The highest BCUT2D eigenvalue weighted by Crippen LogP contribution is 2.34. The number of methoxy groups -OCH3 is 1. The molecule has 100 valence electrons. The topological polar surface area (TPSA) is 68.7 Å². The summed E-state index contributed by atoms with van der Waals surface area (Å²) < 4.78 is 44.8. The van der Waals surface area contributed by atoms with Crippen molar-refractivity contribution in [2.45, 2.75) is 11.7 Å². The Morgan fingerprint density at radius 2 is 2.17 bits per heavy atom. The summed E-state index contributed by atoms with van der Waals surface area (Å²) in [4.78, 5) is 14.2. The lowest BCUT2D eigenvalue weighted by molar-refractivity contribution is -0.276. The van der Waals surface area contributed by atoms with E-state index in [1.165, 1.54) is 0 Å². The van der Waals surface area contributed by atoms with Gasteiger partial charge in [-0.25, -0.2) is 9.78 Å². The van der Waals surface area contributed by atoms with Crippen molar-refractivity contribution >= 4 is 21.9 Å². The van der Waals surface area contributed by atoms with E-state index in [2.05, 4.69) is 25.7 Å². The fourth-order valence-corrected chi connectivity index (χ4v) is 1.71. The summed E-state index contributed by atoms with van der Waals surface area (Å²) in [5.41, 5.74) is -0.476. The first-order chi connectivity index (χ1) is 8.30. The molecule has 5 nitrogen and oxygen atoms in total. The van der Waals surface area contributed by atoms with Gasteiger partial charge in [0.1, 0.15) is 11.3 Å². The van der Waals surface area contributed by atoms with Gasteiger partial charge in [0.05, 0.1) is 12.7 Å². The molecule has 0 fully saturated rings. The Morgan fingerprint density at radius 3 is 2.56 bits per heavy atom. The van der Waals surface area contributed by atoms with Crippen LogP contribution in [0, 0.1) is 0 Å². The van der Waals surface area contributed by atoms with Gasteiger partial charge in [0.2, 0.25) is 5.88 Å². The lowest BCUT2D eigenvalue weighted by Gasteiger charge is -2.15. The van der Waals surface area contributed by atoms with Gasteiger partial charge in [-0.05, 0) is 0 Å². The number of halogens is 4. The van der Waals surface area contributed by atoms with Gasteiger partial charge in [-0.3, -0.25) is 0 Å². The van der Waals surface area contributed by atoms with Gasteiger partial charge in [-0.1, -0.05) is 15.9 Å². The molecular formula is C9H7BrF3NO4. The Bertz CT molecular complexity index is 464. The first-order valence-corrected chi connectivity index (χ1v) is 5.53. The first-order valence-electron chi connectivity index (χ1n) is 4.41. The molecular weight excluding hydrogens is 323 g/mol. The summed E-state index contributed by atoms with van der Waals surface area (Å²) in [6, 6.07) is 0. The SMILES string of the molecule is COc1c(C(=O)O)cnc(OC(F)(F)F)c1CBr. The van der Waals surface area contributed by atoms with E-state index in [1.807, 2.05) is 0 Å². The van der Waals surface area contributed by atoms with Crippen molar-refractivity contribution < 1.29 is 32.5 Å². The number of aromatic carboxylic acids is 1. The first kappa shape index (κ1) is 14.6. The molecule has 18 heavy (non-hydrogen) atoms. The monoisotopic (exact) mass is 329 g/mol. The molecule has 1 aromatic heterocycles. The van der Waals surface area contributed by atoms with Crippen molar-refractivity contribution in [3.63, 3.8) is 0 Å². The third kappa shape index (κ3) is 3.25. The van der Waals surface area contributed by atoms with Crippen LogP contribution in [0.3, 0.4) is 0 Å². The zero-order valence-corrected chi connectivity index (χ0v) is 10.5.